The van der Waals surface area contributed by atoms with E-state index in [1.807, 2.05) is 54.9 Å². The van der Waals surface area contributed by atoms with Crippen LogP contribution in [-0.2, 0) is 9.53 Å². The molecule has 0 radical (unpaired) electrons. The Balaban J connectivity index is 1.64. The molecule has 3 N–H and O–H groups in total. The molecule has 3 aromatic rings. The predicted octanol–water partition coefficient (Wildman–Crippen LogP) is 3.36. The van der Waals surface area contributed by atoms with Crippen LogP contribution in [0.3, 0.4) is 0 Å². The number of carbonyl (C=O) groups is 1. The molecular weight excluding hydrogens is 440 g/mol. The normalized spacial score (nSPS) is 17.4. The second-order valence-corrected chi connectivity index (χ2v) is 8.35. The second kappa shape index (κ2) is 10.1. The molecule has 9 nitrogen and oxygen atoms in total. The van der Waals surface area contributed by atoms with Crippen molar-refractivity contribution in [1.29, 1.82) is 5.41 Å². The lowest BCUT2D eigenvalue weighted by molar-refractivity contribution is -0.113. The van der Waals surface area contributed by atoms with Crippen molar-refractivity contribution in [2.45, 2.75) is 31.1 Å². The predicted molar refractivity (Wildman–Crippen MR) is 128 cm³/mol. The Morgan fingerprint density at radius 2 is 2.15 bits per heavy atom. The summed E-state index contributed by atoms with van der Waals surface area (Å²) in [5.74, 6) is 0.591. The van der Waals surface area contributed by atoms with Crippen LogP contribution in [0.15, 0.2) is 53.7 Å². The minimum absolute atomic E-state index is 0.115. The van der Waals surface area contributed by atoms with Crippen LogP contribution in [0.1, 0.15) is 18.7 Å². The monoisotopic (exact) mass is 466 g/mol. The fourth-order valence-corrected chi connectivity index (χ4v) is 4.54. The summed E-state index contributed by atoms with van der Waals surface area (Å²) in [6.45, 7) is 4.35. The molecule has 0 aliphatic heterocycles. The van der Waals surface area contributed by atoms with Gasteiger partial charge in [0.15, 0.2) is 10.8 Å². The van der Waals surface area contributed by atoms with E-state index in [9.17, 15) is 4.79 Å². The summed E-state index contributed by atoms with van der Waals surface area (Å²) in [5, 5.41) is 20.1. The van der Waals surface area contributed by atoms with Gasteiger partial charge in [0.25, 0.3) is 0 Å². The highest BCUT2D eigenvalue weighted by atomic mass is 32.2. The number of H-pyrrole nitrogens is 1. The van der Waals surface area contributed by atoms with Gasteiger partial charge in [-0.1, -0.05) is 42.1 Å². The van der Waals surface area contributed by atoms with E-state index in [0.29, 0.717) is 34.2 Å². The molecule has 2 unspecified atom stereocenters. The van der Waals surface area contributed by atoms with Crippen LogP contribution in [0, 0.1) is 12.3 Å². The topological polar surface area (TPSA) is 118 Å². The third-order valence-corrected chi connectivity index (χ3v) is 6.17. The molecule has 1 amide bonds. The van der Waals surface area contributed by atoms with Gasteiger partial charge >= 0.3 is 0 Å². The van der Waals surface area contributed by atoms with Gasteiger partial charge < -0.3 is 14.8 Å². The van der Waals surface area contributed by atoms with Crippen molar-refractivity contribution >= 4 is 34.4 Å². The first-order valence-electron chi connectivity index (χ1n) is 10.6. The number of aromatic amines is 1. The Bertz CT molecular complexity index is 1280. The van der Waals surface area contributed by atoms with Gasteiger partial charge in [0.2, 0.25) is 5.91 Å². The highest BCUT2D eigenvalue weighted by molar-refractivity contribution is 7.99. The van der Waals surface area contributed by atoms with Crippen LogP contribution in [0.4, 0.5) is 5.69 Å². The first-order valence-corrected chi connectivity index (χ1v) is 11.6. The minimum atomic E-state index is -0.266. The van der Waals surface area contributed by atoms with E-state index >= 15 is 0 Å². The first-order chi connectivity index (χ1) is 16.0. The van der Waals surface area contributed by atoms with Gasteiger partial charge in [0.05, 0.1) is 24.3 Å². The second-order valence-electron chi connectivity index (χ2n) is 7.41. The molecule has 2 aromatic heterocycles. The quantitative estimate of drug-likeness (QED) is 0.346. The fraction of sp³-hybridized carbons (Fsp3) is 0.304. The van der Waals surface area contributed by atoms with Gasteiger partial charge in [-0.2, -0.15) is 5.10 Å². The molecule has 0 saturated heterocycles. The maximum atomic E-state index is 12.7. The van der Waals surface area contributed by atoms with E-state index < -0.39 is 0 Å². The van der Waals surface area contributed by atoms with Crippen molar-refractivity contribution in [1.82, 2.24) is 19.7 Å². The van der Waals surface area contributed by atoms with Crippen molar-refractivity contribution in [3.05, 3.63) is 59.8 Å². The summed E-state index contributed by atoms with van der Waals surface area (Å²) in [6.07, 6.45) is 7.58. The molecule has 172 valence electrons. The molecule has 1 aliphatic rings. The average Bonchev–Trinajstić information content (AvgIpc) is 3.19. The Labute approximate surface area is 195 Å². The van der Waals surface area contributed by atoms with Crippen molar-refractivity contribution in [2.24, 2.45) is 0 Å². The van der Waals surface area contributed by atoms with Crippen molar-refractivity contribution in [3.8, 4) is 5.75 Å². The van der Waals surface area contributed by atoms with Gasteiger partial charge in [-0.3, -0.25) is 19.9 Å². The first kappa shape index (κ1) is 22.8. The molecule has 0 spiro atoms. The molecule has 2 atom stereocenters. The van der Waals surface area contributed by atoms with Gasteiger partial charge in [0, 0.05) is 24.1 Å². The average molecular weight is 467 g/mol. The SMILES string of the molecule is CCOC1C=CC=CC1n1c(SCC(=O)Nc2cccc(OC)c2)nc2n[nH]c(C)c2c1=N. The molecule has 1 aliphatic carbocycles. The zero-order valence-corrected chi connectivity index (χ0v) is 19.5. The number of ether oxygens (including phenoxy) is 2. The van der Waals surface area contributed by atoms with Crippen LogP contribution < -0.4 is 15.5 Å². The maximum absolute atomic E-state index is 12.7. The number of hydrogen-bond acceptors (Lipinski definition) is 7. The molecule has 1 aromatic carbocycles. The van der Waals surface area contributed by atoms with E-state index in [1.165, 1.54) is 11.8 Å². The van der Waals surface area contributed by atoms with Crippen molar-refractivity contribution in [3.63, 3.8) is 0 Å². The number of hydrogen-bond donors (Lipinski definition) is 3. The number of thioether (sulfide) groups is 1. The largest absolute Gasteiger partial charge is 0.497 e. The van der Waals surface area contributed by atoms with Gasteiger partial charge in [0.1, 0.15) is 17.3 Å². The van der Waals surface area contributed by atoms with Gasteiger partial charge in [-0.15, -0.1) is 0 Å². The number of amides is 1. The van der Waals surface area contributed by atoms with Gasteiger partial charge in [-0.05, 0) is 26.0 Å². The number of aryl methyl sites for hydroxylation is 1. The van der Waals surface area contributed by atoms with Crippen LogP contribution >= 0.6 is 11.8 Å². The summed E-state index contributed by atoms with van der Waals surface area (Å²) in [5.41, 5.74) is 2.15. The zero-order chi connectivity index (χ0) is 23.4. The molecule has 0 bridgehead atoms. The molecule has 10 heteroatoms. The Morgan fingerprint density at radius 1 is 1.33 bits per heavy atom. The minimum Gasteiger partial charge on any atom is -0.497 e. The summed E-state index contributed by atoms with van der Waals surface area (Å²) in [7, 11) is 1.58. The number of fused-ring (bicyclic) bond motifs is 1. The molecule has 2 heterocycles. The molecule has 0 saturated carbocycles. The smallest absolute Gasteiger partial charge is 0.234 e. The Hall–Kier alpha value is -3.37. The van der Waals surface area contributed by atoms with E-state index in [1.54, 1.807) is 19.2 Å². The van der Waals surface area contributed by atoms with Crippen LogP contribution in [0.5, 0.6) is 5.75 Å². The van der Waals surface area contributed by atoms with E-state index in [2.05, 4.69) is 20.5 Å². The number of allylic oxidation sites excluding steroid dienone is 2. The van der Waals surface area contributed by atoms with Crippen LogP contribution in [-0.4, -0.2) is 51.2 Å². The summed E-state index contributed by atoms with van der Waals surface area (Å²) in [4.78, 5) is 17.3. The molecule has 4 rings (SSSR count). The lowest BCUT2D eigenvalue weighted by Crippen LogP contribution is -2.35. The number of methoxy groups -OCH3 is 1. The third-order valence-electron chi connectivity index (χ3n) is 5.21. The maximum Gasteiger partial charge on any atom is 0.234 e. The summed E-state index contributed by atoms with van der Waals surface area (Å²) in [6, 6.07) is 6.92. The fourth-order valence-electron chi connectivity index (χ4n) is 3.70. The highest BCUT2D eigenvalue weighted by Crippen LogP contribution is 2.27. The van der Waals surface area contributed by atoms with Crippen LogP contribution in [0.2, 0.25) is 0 Å². The lowest BCUT2D eigenvalue weighted by atomic mass is 10.1. The number of nitrogens with one attached hydrogen (secondary N) is 3. The zero-order valence-electron chi connectivity index (χ0n) is 18.7. The number of benzene rings is 1. The number of rotatable bonds is 8. The number of anilines is 1. The molecule has 0 fully saturated rings. The van der Waals surface area contributed by atoms with E-state index in [0.717, 1.165) is 5.69 Å². The molecule has 33 heavy (non-hydrogen) atoms. The Morgan fingerprint density at radius 3 is 2.94 bits per heavy atom. The number of carbonyl (C=O) groups excluding carboxylic acids is 1. The summed E-state index contributed by atoms with van der Waals surface area (Å²) < 4.78 is 12.9. The standard InChI is InChI=1S/C23H26N6O3S/c1-4-32-18-11-6-5-10-17(18)29-21(24)20-14(2)27-28-22(20)26-23(29)33-13-19(30)25-15-8-7-9-16(12-15)31-3/h5-12,17-18,24H,4,13H2,1-3H3,(H,25,30)(H,27,28). The van der Waals surface area contributed by atoms with E-state index in [4.69, 9.17) is 14.9 Å². The van der Waals surface area contributed by atoms with E-state index in [-0.39, 0.29) is 29.3 Å². The Kier molecular flexibility index (Phi) is 6.95. The lowest BCUT2D eigenvalue weighted by Gasteiger charge is -2.28. The third kappa shape index (κ3) is 4.86. The number of aromatic nitrogens is 4. The van der Waals surface area contributed by atoms with Crippen molar-refractivity contribution in [2.75, 3.05) is 24.8 Å². The molecular formula is C23H26N6O3S. The summed E-state index contributed by atoms with van der Waals surface area (Å²) >= 11 is 1.26. The number of nitrogens with zero attached hydrogens (tertiary/aromatic N) is 3. The van der Waals surface area contributed by atoms with Gasteiger partial charge in [-0.25, -0.2) is 4.98 Å². The van der Waals surface area contributed by atoms with Crippen LogP contribution in [0.25, 0.3) is 11.0 Å². The highest BCUT2D eigenvalue weighted by Gasteiger charge is 2.26. The van der Waals surface area contributed by atoms with Crippen molar-refractivity contribution < 1.29 is 14.3 Å².